The first kappa shape index (κ1) is 13.6. The number of rotatable bonds is 4. The lowest BCUT2D eigenvalue weighted by Crippen LogP contribution is -2.12. The van der Waals surface area contributed by atoms with E-state index in [1.54, 1.807) is 0 Å². The second kappa shape index (κ2) is 4.41. The molecule has 0 aliphatic rings. The molecule has 9 heteroatoms. The smallest absolute Gasteiger partial charge is 0.229 e. The van der Waals surface area contributed by atoms with Crippen molar-refractivity contribution >= 4 is 37.1 Å². The summed E-state index contributed by atoms with van der Waals surface area (Å²) in [4.78, 5) is 0. The van der Waals surface area contributed by atoms with E-state index in [2.05, 4.69) is 9.44 Å². The van der Waals surface area contributed by atoms with Gasteiger partial charge in [-0.1, -0.05) is 0 Å². The molecule has 0 bridgehead atoms. The van der Waals surface area contributed by atoms with Crippen molar-refractivity contribution in [1.82, 2.24) is 0 Å². The average molecular weight is 279 g/mol. The average Bonchev–Trinajstić information content (AvgIpc) is 1.93. The zero-order chi connectivity index (χ0) is 13.3. The summed E-state index contributed by atoms with van der Waals surface area (Å²) in [5.74, 6) is 0. The van der Waals surface area contributed by atoms with Crippen molar-refractivity contribution in [2.75, 3.05) is 27.7 Å². The van der Waals surface area contributed by atoms with Crippen LogP contribution in [0.1, 0.15) is 0 Å². The number of nitrogens with one attached hydrogen (secondary N) is 2. The van der Waals surface area contributed by atoms with E-state index in [4.69, 9.17) is 5.73 Å². The number of hydrogen-bond donors (Lipinski definition) is 3. The molecule has 0 fully saturated rings. The molecule has 0 aliphatic heterocycles. The Hall–Kier alpha value is -1.48. The Bertz CT molecular complexity index is 570. The first-order valence-corrected chi connectivity index (χ1v) is 8.19. The third-order valence-corrected chi connectivity index (χ3v) is 2.77. The van der Waals surface area contributed by atoms with Crippen LogP contribution in [0.5, 0.6) is 0 Å². The summed E-state index contributed by atoms with van der Waals surface area (Å²) < 4.78 is 48.5. The molecule has 0 amide bonds. The van der Waals surface area contributed by atoms with Crippen molar-refractivity contribution in [3.05, 3.63) is 18.2 Å². The van der Waals surface area contributed by atoms with Crippen LogP contribution in [0.3, 0.4) is 0 Å². The van der Waals surface area contributed by atoms with Crippen molar-refractivity contribution < 1.29 is 16.8 Å². The zero-order valence-corrected chi connectivity index (χ0v) is 10.9. The van der Waals surface area contributed by atoms with Crippen molar-refractivity contribution in [3.8, 4) is 0 Å². The lowest BCUT2D eigenvalue weighted by molar-refractivity contribution is 0.605. The number of benzene rings is 1. The molecule has 0 unspecified atom stereocenters. The molecule has 96 valence electrons. The Morgan fingerprint density at radius 3 is 1.53 bits per heavy atom. The molecule has 0 saturated heterocycles. The Labute approximate surface area is 100 Å². The van der Waals surface area contributed by atoms with E-state index in [0.29, 0.717) is 0 Å². The summed E-state index contributed by atoms with van der Waals surface area (Å²) in [7, 11) is -6.87. The van der Waals surface area contributed by atoms with E-state index in [1.807, 2.05) is 0 Å². The minimum atomic E-state index is -3.44. The molecule has 17 heavy (non-hydrogen) atoms. The van der Waals surface area contributed by atoms with Crippen LogP contribution in [0.15, 0.2) is 18.2 Å². The maximum atomic E-state index is 11.0. The summed E-state index contributed by atoms with van der Waals surface area (Å²) in [5, 5.41) is 0. The van der Waals surface area contributed by atoms with Gasteiger partial charge in [0.05, 0.1) is 23.9 Å². The number of hydrogen-bond acceptors (Lipinski definition) is 5. The molecule has 0 aliphatic carbocycles. The van der Waals surface area contributed by atoms with Crippen molar-refractivity contribution in [2.45, 2.75) is 0 Å². The normalized spacial score (nSPS) is 12.1. The predicted molar refractivity (Wildman–Crippen MR) is 67.8 cm³/mol. The van der Waals surface area contributed by atoms with Crippen LogP contribution >= 0.6 is 0 Å². The highest BCUT2D eigenvalue weighted by Gasteiger charge is 2.07. The lowest BCUT2D eigenvalue weighted by atomic mass is 10.2. The summed E-state index contributed by atoms with van der Waals surface area (Å²) in [6.45, 7) is 0. The fourth-order valence-electron chi connectivity index (χ4n) is 1.20. The van der Waals surface area contributed by atoms with Crippen LogP contribution in [0.4, 0.5) is 17.1 Å². The molecule has 0 radical (unpaired) electrons. The van der Waals surface area contributed by atoms with Crippen molar-refractivity contribution in [1.29, 1.82) is 0 Å². The number of nitrogens with two attached hydrogens (primary N) is 1. The molecule has 1 rings (SSSR count). The monoisotopic (exact) mass is 279 g/mol. The van der Waals surface area contributed by atoms with E-state index in [-0.39, 0.29) is 17.1 Å². The summed E-state index contributed by atoms with van der Waals surface area (Å²) in [5.41, 5.74) is 6.15. The SMILES string of the molecule is CS(=O)(=O)Nc1cc(N)cc(NS(C)(=O)=O)c1. The van der Waals surface area contributed by atoms with Gasteiger partial charge in [0, 0.05) is 5.69 Å². The summed E-state index contributed by atoms with van der Waals surface area (Å²) >= 11 is 0. The van der Waals surface area contributed by atoms with E-state index in [9.17, 15) is 16.8 Å². The second-order valence-electron chi connectivity index (χ2n) is 3.59. The van der Waals surface area contributed by atoms with Crippen LogP contribution in [0, 0.1) is 0 Å². The standard InChI is InChI=1S/C8H13N3O4S2/c1-16(12,13)10-7-3-6(9)4-8(5-7)11-17(2,14)15/h3-5,10-11H,9H2,1-2H3. The molecular weight excluding hydrogens is 266 g/mol. The summed E-state index contributed by atoms with van der Waals surface area (Å²) in [6, 6.07) is 4.10. The van der Waals surface area contributed by atoms with Gasteiger partial charge < -0.3 is 5.73 Å². The lowest BCUT2D eigenvalue weighted by Gasteiger charge is -2.09. The molecule has 0 saturated carbocycles. The highest BCUT2D eigenvalue weighted by molar-refractivity contribution is 7.92. The van der Waals surface area contributed by atoms with Crippen LogP contribution < -0.4 is 15.2 Å². The third kappa shape index (κ3) is 5.41. The van der Waals surface area contributed by atoms with Gasteiger partial charge in [-0.05, 0) is 18.2 Å². The van der Waals surface area contributed by atoms with Crippen molar-refractivity contribution in [3.63, 3.8) is 0 Å². The minimum Gasteiger partial charge on any atom is -0.399 e. The maximum absolute atomic E-state index is 11.0. The Balaban J connectivity index is 3.11. The maximum Gasteiger partial charge on any atom is 0.229 e. The molecule has 1 aromatic rings. The van der Waals surface area contributed by atoms with Gasteiger partial charge in [-0.2, -0.15) is 0 Å². The number of anilines is 3. The van der Waals surface area contributed by atoms with E-state index in [1.165, 1.54) is 18.2 Å². The van der Waals surface area contributed by atoms with Crippen LogP contribution in [0.25, 0.3) is 0 Å². The largest absolute Gasteiger partial charge is 0.399 e. The number of sulfonamides is 2. The minimum absolute atomic E-state index is 0.193. The van der Waals surface area contributed by atoms with Gasteiger partial charge in [0.15, 0.2) is 0 Å². The topological polar surface area (TPSA) is 118 Å². The zero-order valence-electron chi connectivity index (χ0n) is 9.26. The van der Waals surface area contributed by atoms with Gasteiger partial charge in [0.1, 0.15) is 0 Å². The van der Waals surface area contributed by atoms with Gasteiger partial charge >= 0.3 is 0 Å². The Kier molecular flexibility index (Phi) is 3.53. The summed E-state index contributed by atoms with van der Waals surface area (Å²) in [6.07, 6.45) is 1.97. The van der Waals surface area contributed by atoms with Crippen LogP contribution in [-0.4, -0.2) is 29.3 Å². The fraction of sp³-hybridized carbons (Fsp3) is 0.250. The van der Waals surface area contributed by atoms with Crippen LogP contribution in [0.2, 0.25) is 0 Å². The third-order valence-electron chi connectivity index (χ3n) is 1.56. The molecule has 7 nitrogen and oxygen atoms in total. The molecule has 1 aromatic carbocycles. The van der Waals surface area contributed by atoms with E-state index < -0.39 is 20.0 Å². The van der Waals surface area contributed by atoms with Crippen LogP contribution in [-0.2, 0) is 20.0 Å². The van der Waals surface area contributed by atoms with E-state index >= 15 is 0 Å². The molecular formula is C8H13N3O4S2. The van der Waals surface area contributed by atoms with Gasteiger partial charge in [-0.15, -0.1) is 0 Å². The Morgan fingerprint density at radius 2 is 1.24 bits per heavy atom. The van der Waals surface area contributed by atoms with Gasteiger partial charge in [-0.3, -0.25) is 9.44 Å². The fourth-order valence-corrected chi connectivity index (χ4v) is 2.29. The molecule has 0 atom stereocenters. The van der Waals surface area contributed by atoms with Gasteiger partial charge in [0.2, 0.25) is 20.0 Å². The first-order valence-electron chi connectivity index (χ1n) is 4.41. The van der Waals surface area contributed by atoms with E-state index in [0.717, 1.165) is 12.5 Å². The number of nitrogen functional groups attached to an aromatic ring is 1. The molecule has 0 spiro atoms. The molecule has 0 aromatic heterocycles. The molecule has 4 N–H and O–H groups in total. The second-order valence-corrected chi connectivity index (χ2v) is 7.09. The van der Waals surface area contributed by atoms with Crippen molar-refractivity contribution in [2.24, 2.45) is 0 Å². The van der Waals surface area contributed by atoms with Gasteiger partial charge in [0.25, 0.3) is 0 Å². The highest BCUT2D eigenvalue weighted by atomic mass is 32.2. The first-order chi connectivity index (χ1) is 7.55. The van der Waals surface area contributed by atoms with Gasteiger partial charge in [-0.25, -0.2) is 16.8 Å². The Morgan fingerprint density at radius 1 is 0.882 bits per heavy atom. The predicted octanol–water partition coefficient (Wildman–Crippen LogP) is 0.0118. The quantitative estimate of drug-likeness (QED) is 0.671. The highest BCUT2D eigenvalue weighted by Crippen LogP contribution is 2.21. The molecule has 0 heterocycles.